The highest BCUT2D eigenvalue weighted by atomic mass is 16.4. The summed E-state index contributed by atoms with van der Waals surface area (Å²) in [6.07, 6.45) is 0. The summed E-state index contributed by atoms with van der Waals surface area (Å²) < 4.78 is 4.89. The molecule has 0 fully saturated rings. The van der Waals surface area contributed by atoms with Gasteiger partial charge in [0.05, 0.1) is 0 Å². The SMILES string of the molecule is O=c1oc2c(O)c(O)ccc2c2ccc(O)c(O)c12. The molecule has 6 nitrogen and oxygen atoms in total. The molecule has 3 aromatic rings. The summed E-state index contributed by atoms with van der Waals surface area (Å²) in [4.78, 5) is 11.8. The highest BCUT2D eigenvalue weighted by Gasteiger charge is 2.17. The summed E-state index contributed by atoms with van der Waals surface area (Å²) in [5.41, 5.74) is -1.10. The molecule has 0 unspecified atom stereocenters. The van der Waals surface area contributed by atoms with Crippen molar-refractivity contribution in [1.29, 1.82) is 0 Å². The molecule has 2 aromatic carbocycles. The van der Waals surface area contributed by atoms with Crippen LogP contribution < -0.4 is 5.63 Å². The van der Waals surface area contributed by atoms with Gasteiger partial charge in [-0.1, -0.05) is 0 Å². The Morgan fingerprint density at radius 3 is 2.05 bits per heavy atom. The minimum Gasteiger partial charge on any atom is -0.504 e. The highest BCUT2D eigenvalue weighted by molar-refractivity contribution is 6.08. The summed E-state index contributed by atoms with van der Waals surface area (Å²) in [6, 6.07) is 5.31. The number of benzene rings is 2. The third-order valence-electron chi connectivity index (χ3n) is 2.96. The molecule has 1 heterocycles. The van der Waals surface area contributed by atoms with E-state index in [1.54, 1.807) is 0 Å². The predicted octanol–water partition coefficient (Wildman–Crippen LogP) is 1.77. The van der Waals surface area contributed by atoms with Gasteiger partial charge < -0.3 is 24.8 Å². The first-order chi connectivity index (χ1) is 9.00. The molecule has 0 bridgehead atoms. The van der Waals surface area contributed by atoms with Crippen molar-refractivity contribution in [2.75, 3.05) is 0 Å². The number of rotatable bonds is 0. The summed E-state index contributed by atoms with van der Waals surface area (Å²) in [5.74, 6) is -2.00. The van der Waals surface area contributed by atoms with E-state index in [2.05, 4.69) is 0 Å². The molecule has 0 atom stereocenters. The summed E-state index contributed by atoms with van der Waals surface area (Å²) in [6.45, 7) is 0. The van der Waals surface area contributed by atoms with Gasteiger partial charge in [0.2, 0.25) is 5.75 Å². The first-order valence-corrected chi connectivity index (χ1v) is 5.33. The van der Waals surface area contributed by atoms with Crippen molar-refractivity contribution in [2.24, 2.45) is 0 Å². The molecule has 0 aliphatic rings. The quantitative estimate of drug-likeness (QED) is 0.278. The average molecular weight is 260 g/mol. The van der Waals surface area contributed by atoms with Crippen molar-refractivity contribution < 1.29 is 24.8 Å². The molecule has 4 N–H and O–H groups in total. The molecular weight excluding hydrogens is 252 g/mol. The van der Waals surface area contributed by atoms with Crippen molar-refractivity contribution >= 4 is 21.7 Å². The number of phenols is 4. The van der Waals surface area contributed by atoms with Crippen LogP contribution >= 0.6 is 0 Å². The lowest BCUT2D eigenvalue weighted by molar-refractivity contribution is 0.396. The van der Waals surface area contributed by atoms with Crippen LogP contribution in [-0.2, 0) is 0 Å². The fourth-order valence-corrected chi connectivity index (χ4v) is 2.03. The Morgan fingerprint density at radius 1 is 0.789 bits per heavy atom. The van der Waals surface area contributed by atoms with Crippen molar-refractivity contribution in [3.8, 4) is 23.0 Å². The maximum atomic E-state index is 11.8. The predicted molar refractivity (Wildman–Crippen MR) is 66.6 cm³/mol. The van der Waals surface area contributed by atoms with Gasteiger partial charge in [-0.25, -0.2) is 4.79 Å². The Kier molecular flexibility index (Phi) is 2.10. The fraction of sp³-hybridized carbons (Fsp3) is 0. The van der Waals surface area contributed by atoms with Gasteiger partial charge in [0.15, 0.2) is 22.8 Å². The van der Waals surface area contributed by atoms with E-state index >= 15 is 0 Å². The van der Waals surface area contributed by atoms with Crippen LogP contribution in [-0.4, -0.2) is 20.4 Å². The summed E-state index contributed by atoms with van der Waals surface area (Å²) >= 11 is 0. The topological polar surface area (TPSA) is 111 Å². The van der Waals surface area contributed by atoms with E-state index in [4.69, 9.17) is 4.42 Å². The van der Waals surface area contributed by atoms with Crippen LogP contribution in [0.15, 0.2) is 33.5 Å². The zero-order valence-corrected chi connectivity index (χ0v) is 9.41. The Balaban J connectivity index is 2.67. The minimum absolute atomic E-state index is 0.178. The summed E-state index contributed by atoms with van der Waals surface area (Å²) in [7, 11) is 0. The lowest BCUT2D eigenvalue weighted by atomic mass is 10.1. The van der Waals surface area contributed by atoms with Gasteiger partial charge in [-0.15, -0.1) is 0 Å². The van der Waals surface area contributed by atoms with Crippen molar-refractivity contribution in [3.63, 3.8) is 0 Å². The molecule has 0 aliphatic carbocycles. The van der Waals surface area contributed by atoms with Crippen LogP contribution in [0.3, 0.4) is 0 Å². The van der Waals surface area contributed by atoms with Crippen LogP contribution in [0.25, 0.3) is 21.7 Å². The van der Waals surface area contributed by atoms with Crippen molar-refractivity contribution in [3.05, 3.63) is 34.7 Å². The Hall–Kier alpha value is -2.89. The molecule has 0 radical (unpaired) electrons. The average Bonchev–Trinajstić information content (AvgIpc) is 2.38. The van der Waals surface area contributed by atoms with Crippen LogP contribution in [0, 0.1) is 0 Å². The normalized spacial score (nSPS) is 11.2. The molecule has 0 aliphatic heterocycles. The number of aromatic hydroxyl groups is 4. The molecule has 6 heteroatoms. The van der Waals surface area contributed by atoms with Gasteiger partial charge in [0.25, 0.3) is 0 Å². The molecule has 0 saturated carbocycles. The van der Waals surface area contributed by atoms with Gasteiger partial charge in [0, 0.05) is 10.8 Å². The van der Waals surface area contributed by atoms with E-state index in [1.165, 1.54) is 24.3 Å². The summed E-state index contributed by atoms with van der Waals surface area (Å²) in [5, 5.41) is 38.6. The zero-order valence-electron chi connectivity index (χ0n) is 9.41. The van der Waals surface area contributed by atoms with Gasteiger partial charge in [-0.2, -0.15) is 0 Å². The maximum absolute atomic E-state index is 11.8. The van der Waals surface area contributed by atoms with Gasteiger partial charge in [0.1, 0.15) is 5.39 Å². The first-order valence-electron chi connectivity index (χ1n) is 5.33. The monoisotopic (exact) mass is 260 g/mol. The molecule has 3 rings (SSSR count). The fourth-order valence-electron chi connectivity index (χ4n) is 2.03. The third kappa shape index (κ3) is 1.40. The maximum Gasteiger partial charge on any atom is 0.348 e. The molecule has 0 saturated heterocycles. The lowest BCUT2D eigenvalue weighted by Crippen LogP contribution is -2.00. The van der Waals surface area contributed by atoms with Crippen molar-refractivity contribution in [1.82, 2.24) is 0 Å². The van der Waals surface area contributed by atoms with E-state index in [1.807, 2.05) is 0 Å². The largest absolute Gasteiger partial charge is 0.504 e. The van der Waals surface area contributed by atoms with Gasteiger partial charge in [-0.05, 0) is 24.3 Å². The molecule has 19 heavy (non-hydrogen) atoms. The van der Waals surface area contributed by atoms with E-state index < -0.39 is 28.6 Å². The number of phenolic OH excluding ortho intramolecular Hbond substituents is 4. The van der Waals surface area contributed by atoms with Gasteiger partial charge in [-0.3, -0.25) is 0 Å². The molecule has 96 valence electrons. The van der Waals surface area contributed by atoms with Crippen LogP contribution in [0.5, 0.6) is 23.0 Å². The smallest absolute Gasteiger partial charge is 0.348 e. The Bertz CT molecular complexity index is 878. The van der Waals surface area contributed by atoms with Gasteiger partial charge >= 0.3 is 5.63 Å². The Morgan fingerprint density at radius 2 is 1.37 bits per heavy atom. The first kappa shape index (κ1) is 11.2. The Labute approximate surface area is 105 Å². The molecule has 0 spiro atoms. The molecule has 1 aromatic heterocycles. The van der Waals surface area contributed by atoms with Crippen molar-refractivity contribution in [2.45, 2.75) is 0 Å². The standard InChI is InChI=1S/C13H8O6/c14-7-3-1-5-6-2-4-8(15)11(17)12(6)19-13(18)9(5)10(7)16/h1-4,14-17H. The minimum atomic E-state index is -0.920. The highest BCUT2D eigenvalue weighted by Crippen LogP contribution is 2.39. The number of hydrogen-bond donors (Lipinski definition) is 4. The van der Waals surface area contributed by atoms with E-state index in [0.717, 1.165) is 0 Å². The van der Waals surface area contributed by atoms with Crippen LogP contribution in [0.2, 0.25) is 0 Å². The van der Waals surface area contributed by atoms with E-state index in [0.29, 0.717) is 10.8 Å². The van der Waals surface area contributed by atoms with Crippen LogP contribution in [0.4, 0.5) is 0 Å². The van der Waals surface area contributed by atoms with E-state index in [-0.39, 0.29) is 11.0 Å². The molecule has 0 amide bonds. The number of fused-ring (bicyclic) bond motifs is 3. The third-order valence-corrected chi connectivity index (χ3v) is 2.96. The zero-order chi connectivity index (χ0) is 13.7. The number of hydrogen-bond acceptors (Lipinski definition) is 6. The van der Waals surface area contributed by atoms with Crippen LogP contribution in [0.1, 0.15) is 0 Å². The van der Waals surface area contributed by atoms with E-state index in [9.17, 15) is 25.2 Å². The second kappa shape index (κ2) is 3.55. The second-order valence-corrected chi connectivity index (χ2v) is 4.06. The second-order valence-electron chi connectivity index (χ2n) is 4.06. The molecular formula is C13H8O6. The lowest BCUT2D eigenvalue weighted by Gasteiger charge is -2.07.